The fourth-order valence-electron chi connectivity index (χ4n) is 3.78. The van der Waals surface area contributed by atoms with Gasteiger partial charge in [0.1, 0.15) is 0 Å². The van der Waals surface area contributed by atoms with Crippen molar-refractivity contribution < 1.29 is 9.53 Å². The third kappa shape index (κ3) is 5.52. The first-order valence-corrected chi connectivity index (χ1v) is 12.1. The van der Waals surface area contributed by atoms with E-state index in [-0.39, 0.29) is 29.2 Å². The molecule has 0 bridgehead atoms. The van der Waals surface area contributed by atoms with Gasteiger partial charge in [-0.1, -0.05) is 60.6 Å². The number of halogens is 1. The molecule has 4 rings (SSSR count). The molecule has 1 saturated heterocycles. The van der Waals surface area contributed by atoms with Gasteiger partial charge in [-0.3, -0.25) is 14.2 Å². The lowest BCUT2D eigenvalue weighted by atomic mass is 10.0. The van der Waals surface area contributed by atoms with Crippen molar-refractivity contribution >= 4 is 40.2 Å². The second-order valence-electron chi connectivity index (χ2n) is 8.01. The fourth-order valence-corrected chi connectivity index (χ4v) is 4.79. The van der Waals surface area contributed by atoms with Crippen LogP contribution in [0.1, 0.15) is 31.2 Å². The van der Waals surface area contributed by atoms with Gasteiger partial charge in [-0.05, 0) is 42.5 Å². The first-order chi connectivity index (χ1) is 15.5. The Bertz CT molecular complexity index is 1150. The Labute approximate surface area is 196 Å². The molecule has 0 spiro atoms. The van der Waals surface area contributed by atoms with Crippen molar-refractivity contribution in [2.75, 3.05) is 18.9 Å². The minimum absolute atomic E-state index is 0.0147. The second-order valence-corrected chi connectivity index (χ2v) is 9.39. The molecule has 1 aromatic heterocycles. The smallest absolute Gasteiger partial charge is 0.262 e. The summed E-state index contributed by atoms with van der Waals surface area (Å²) >= 11 is 7.37. The Morgan fingerprint density at radius 2 is 2.12 bits per heavy atom. The SMILES string of the molecule is CC(CNC(=O)CSc1nc2cc(Cl)ccc2c(=O)n1CC1CCCO1)c1ccccc1. The van der Waals surface area contributed by atoms with Crippen LogP contribution in [0.4, 0.5) is 0 Å². The molecule has 1 N–H and O–H groups in total. The Kier molecular flexibility index (Phi) is 7.50. The standard InChI is InChI=1S/C24H26ClN3O3S/c1-16(17-6-3-2-4-7-17)13-26-22(29)15-32-24-27-21-12-18(25)9-10-20(21)23(30)28(24)14-19-8-5-11-31-19/h2-4,6-7,9-10,12,16,19H,5,8,11,13-15H2,1H3,(H,26,29). The molecule has 168 valence electrons. The number of amides is 1. The molecule has 8 heteroatoms. The van der Waals surface area contributed by atoms with Gasteiger partial charge in [0.15, 0.2) is 5.16 Å². The summed E-state index contributed by atoms with van der Waals surface area (Å²) in [4.78, 5) is 30.4. The first kappa shape index (κ1) is 22.8. The number of ether oxygens (including phenoxy) is 1. The Morgan fingerprint density at radius 3 is 2.88 bits per heavy atom. The summed E-state index contributed by atoms with van der Waals surface area (Å²) < 4.78 is 7.37. The van der Waals surface area contributed by atoms with Crippen molar-refractivity contribution in [3.8, 4) is 0 Å². The van der Waals surface area contributed by atoms with E-state index in [9.17, 15) is 9.59 Å². The maximum atomic E-state index is 13.2. The van der Waals surface area contributed by atoms with Crippen LogP contribution < -0.4 is 10.9 Å². The molecule has 0 saturated carbocycles. The fraction of sp³-hybridized carbons (Fsp3) is 0.375. The zero-order valence-corrected chi connectivity index (χ0v) is 19.5. The summed E-state index contributed by atoms with van der Waals surface area (Å²) in [7, 11) is 0. The number of carbonyl (C=O) groups is 1. The monoisotopic (exact) mass is 471 g/mol. The lowest BCUT2D eigenvalue weighted by Gasteiger charge is -2.17. The Hall–Kier alpha value is -2.35. The van der Waals surface area contributed by atoms with E-state index in [0.717, 1.165) is 12.8 Å². The Morgan fingerprint density at radius 1 is 1.31 bits per heavy atom. The molecule has 1 amide bonds. The van der Waals surface area contributed by atoms with E-state index < -0.39 is 0 Å². The van der Waals surface area contributed by atoms with Gasteiger partial charge in [0.2, 0.25) is 5.91 Å². The largest absolute Gasteiger partial charge is 0.376 e. The third-order valence-corrected chi connectivity index (χ3v) is 6.81. The molecule has 32 heavy (non-hydrogen) atoms. The van der Waals surface area contributed by atoms with Gasteiger partial charge in [0.05, 0.1) is 29.3 Å². The molecule has 2 unspecified atom stereocenters. The van der Waals surface area contributed by atoms with Crippen LogP contribution in [0.3, 0.4) is 0 Å². The Balaban J connectivity index is 1.48. The lowest BCUT2D eigenvalue weighted by Crippen LogP contribution is -2.31. The molecule has 1 aliphatic rings. The van der Waals surface area contributed by atoms with E-state index in [0.29, 0.717) is 40.8 Å². The highest BCUT2D eigenvalue weighted by Gasteiger charge is 2.21. The van der Waals surface area contributed by atoms with E-state index >= 15 is 0 Å². The molecular formula is C24H26ClN3O3S. The predicted molar refractivity (Wildman–Crippen MR) is 129 cm³/mol. The van der Waals surface area contributed by atoms with Gasteiger partial charge >= 0.3 is 0 Å². The normalized spacial score (nSPS) is 16.9. The maximum Gasteiger partial charge on any atom is 0.262 e. The average Bonchev–Trinajstić information content (AvgIpc) is 3.32. The van der Waals surface area contributed by atoms with E-state index in [1.54, 1.807) is 22.8 Å². The molecular weight excluding hydrogens is 446 g/mol. The summed E-state index contributed by atoms with van der Waals surface area (Å²) in [6, 6.07) is 15.1. The molecule has 2 atom stereocenters. The maximum absolute atomic E-state index is 13.2. The van der Waals surface area contributed by atoms with E-state index in [1.807, 2.05) is 18.2 Å². The third-order valence-electron chi connectivity index (χ3n) is 5.60. The highest BCUT2D eigenvalue weighted by atomic mass is 35.5. The van der Waals surface area contributed by atoms with Gasteiger partial charge in [0.25, 0.3) is 5.56 Å². The van der Waals surface area contributed by atoms with Crippen LogP contribution in [0.5, 0.6) is 0 Å². The van der Waals surface area contributed by atoms with Crippen LogP contribution in [0.15, 0.2) is 58.5 Å². The van der Waals surface area contributed by atoms with Crippen LogP contribution in [-0.2, 0) is 16.1 Å². The predicted octanol–water partition coefficient (Wildman–Crippen LogP) is 4.24. The van der Waals surface area contributed by atoms with Gasteiger partial charge in [-0.25, -0.2) is 4.98 Å². The number of benzene rings is 2. The van der Waals surface area contributed by atoms with Gasteiger partial charge in [0, 0.05) is 18.2 Å². The highest BCUT2D eigenvalue weighted by Crippen LogP contribution is 2.23. The second kappa shape index (κ2) is 10.5. The average molecular weight is 472 g/mol. The summed E-state index contributed by atoms with van der Waals surface area (Å²) in [5, 5.41) is 4.52. The van der Waals surface area contributed by atoms with E-state index in [1.165, 1.54) is 17.3 Å². The van der Waals surface area contributed by atoms with Crippen LogP contribution in [0.2, 0.25) is 5.02 Å². The summed E-state index contributed by atoms with van der Waals surface area (Å²) in [6.07, 6.45) is 1.88. The minimum atomic E-state index is -0.136. The topological polar surface area (TPSA) is 73.2 Å². The number of nitrogens with one attached hydrogen (secondary N) is 1. The molecule has 0 radical (unpaired) electrons. The van der Waals surface area contributed by atoms with Crippen molar-refractivity contribution in [3.05, 3.63) is 69.5 Å². The molecule has 1 aliphatic heterocycles. The number of thioether (sulfide) groups is 1. The number of carbonyl (C=O) groups excluding carboxylic acids is 1. The van der Waals surface area contributed by atoms with Gasteiger partial charge in [-0.2, -0.15) is 0 Å². The number of nitrogens with zero attached hydrogens (tertiary/aromatic N) is 2. The summed E-state index contributed by atoms with van der Waals surface area (Å²) in [5.74, 6) is 0.289. The zero-order chi connectivity index (χ0) is 22.5. The minimum Gasteiger partial charge on any atom is -0.376 e. The van der Waals surface area contributed by atoms with E-state index in [2.05, 4.69) is 29.4 Å². The van der Waals surface area contributed by atoms with Crippen LogP contribution >= 0.6 is 23.4 Å². The lowest BCUT2D eigenvalue weighted by molar-refractivity contribution is -0.118. The van der Waals surface area contributed by atoms with Gasteiger partial charge < -0.3 is 10.1 Å². The van der Waals surface area contributed by atoms with Crippen molar-refractivity contribution in [2.24, 2.45) is 0 Å². The molecule has 2 aromatic carbocycles. The summed E-state index contributed by atoms with van der Waals surface area (Å²) in [6.45, 7) is 3.77. The van der Waals surface area contributed by atoms with Crippen molar-refractivity contribution in [3.63, 3.8) is 0 Å². The molecule has 6 nitrogen and oxygen atoms in total. The van der Waals surface area contributed by atoms with Gasteiger partial charge in [-0.15, -0.1) is 0 Å². The van der Waals surface area contributed by atoms with Crippen LogP contribution in [0, 0.1) is 0 Å². The first-order valence-electron chi connectivity index (χ1n) is 10.8. The van der Waals surface area contributed by atoms with Crippen LogP contribution in [-0.4, -0.2) is 40.5 Å². The number of hydrogen-bond acceptors (Lipinski definition) is 5. The molecule has 2 heterocycles. The quantitative estimate of drug-likeness (QED) is 0.393. The number of fused-ring (bicyclic) bond motifs is 1. The molecule has 1 fully saturated rings. The number of hydrogen-bond donors (Lipinski definition) is 1. The van der Waals surface area contributed by atoms with E-state index in [4.69, 9.17) is 16.3 Å². The molecule has 3 aromatic rings. The zero-order valence-electron chi connectivity index (χ0n) is 17.9. The van der Waals surface area contributed by atoms with Crippen molar-refractivity contribution in [1.29, 1.82) is 0 Å². The van der Waals surface area contributed by atoms with Crippen molar-refractivity contribution in [2.45, 2.75) is 43.5 Å². The number of rotatable bonds is 8. The number of aromatic nitrogens is 2. The molecule has 0 aliphatic carbocycles. The summed E-state index contributed by atoms with van der Waals surface area (Å²) in [5.41, 5.74) is 1.58. The van der Waals surface area contributed by atoms with Crippen LogP contribution in [0.25, 0.3) is 10.9 Å². The van der Waals surface area contributed by atoms with Crippen molar-refractivity contribution in [1.82, 2.24) is 14.9 Å². The highest BCUT2D eigenvalue weighted by molar-refractivity contribution is 7.99.